The molecule has 13 heavy (non-hydrogen) atoms. The molecular formula is C11H21BrO. The molecule has 0 aromatic heterocycles. The highest BCUT2D eigenvalue weighted by Gasteiger charge is 2.07. The first kappa shape index (κ1) is 13.2. The van der Waals surface area contributed by atoms with Gasteiger partial charge in [-0.2, -0.15) is 0 Å². The second-order valence-corrected chi connectivity index (χ2v) is 4.74. The van der Waals surface area contributed by atoms with Crippen LogP contribution in [0.2, 0.25) is 0 Å². The highest BCUT2D eigenvalue weighted by molar-refractivity contribution is 9.10. The van der Waals surface area contributed by atoms with Crippen molar-refractivity contribution in [2.24, 2.45) is 0 Å². The van der Waals surface area contributed by atoms with Gasteiger partial charge in [0.1, 0.15) is 5.78 Å². The molecule has 0 heterocycles. The molecule has 1 nitrogen and oxygen atoms in total. The van der Waals surface area contributed by atoms with E-state index in [2.05, 4.69) is 22.9 Å². The topological polar surface area (TPSA) is 17.1 Å². The second kappa shape index (κ2) is 8.74. The summed E-state index contributed by atoms with van der Waals surface area (Å²) in [7, 11) is 0. The van der Waals surface area contributed by atoms with Gasteiger partial charge in [-0.05, 0) is 13.3 Å². The van der Waals surface area contributed by atoms with Crippen molar-refractivity contribution in [2.75, 3.05) is 0 Å². The molecule has 0 amide bonds. The van der Waals surface area contributed by atoms with Gasteiger partial charge in [0.15, 0.2) is 0 Å². The SMILES string of the molecule is CCCCCCCCC(Br)C(C)=O. The average Bonchev–Trinajstić information content (AvgIpc) is 2.10. The summed E-state index contributed by atoms with van der Waals surface area (Å²) in [6.07, 6.45) is 8.78. The maximum absolute atomic E-state index is 10.9. The van der Waals surface area contributed by atoms with Crippen LogP contribution in [0.5, 0.6) is 0 Å². The Morgan fingerprint density at radius 1 is 1.15 bits per heavy atom. The molecule has 2 heteroatoms. The van der Waals surface area contributed by atoms with E-state index in [0.29, 0.717) is 0 Å². The first-order valence-electron chi connectivity index (χ1n) is 5.33. The molecule has 0 bridgehead atoms. The number of rotatable bonds is 8. The summed E-state index contributed by atoms with van der Waals surface area (Å²) in [5, 5.41) is 0. The lowest BCUT2D eigenvalue weighted by Gasteiger charge is -2.04. The van der Waals surface area contributed by atoms with Gasteiger partial charge in [0.2, 0.25) is 0 Å². The Balaban J connectivity index is 3.11. The molecule has 0 saturated heterocycles. The van der Waals surface area contributed by atoms with Crippen LogP contribution >= 0.6 is 15.9 Å². The summed E-state index contributed by atoms with van der Waals surface area (Å²) < 4.78 is 0. The summed E-state index contributed by atoms with van der Waals surface area (Å²) in [5.74, 6) is 0.258. The van der Waals surface area contributed by atoms with Crippen LogP contribution in [-0.4, -0.2) is 10.6 Å². The van der Waals surface area contributed by atoms with Crippen molar-refractivity contribution in [1.29, 1.82) is 0 Å². The second-order valence-electron chi connectivity index (χ2n) is 3.63. The van der Waals surface area contributed by atoms with Crippen molar-refractivity contribution in [2.45, 2.75) is 63.6 Å². The Morgan fingerprint density at radius 2 is 1.69 bits per heavy atom. The van der Waals surface area contributed by atoms with Crippen molar-refractivity contribution >= 4 is 21.7 Å². The van der Waals surface area contributed by atoms with Gasteiger partial charge in [-0.25, -0.2) is 0 Å². The Labute approximate surface area is 90.4 Å². The largest absolute Gasteiger partial charge is 0.299 e. The van der Waals surface area contributed by atoms with E-state index in [-0.39, 0.29) is 10.6 Å². The van der Waals surface area contributed by atoms with Gasteiger partial charge < -0.3 is 0 Å². The number of alkyl halides is 1. The molecule has 0 rings (SSSR count). The zero-order valence-corrected chi connectivity index (χ0v) is 10.4. The molecule has 0 fully saturated rings. The number of ketones is 1. The number of carbonyl (C=O) groups excluding carboxylic acids is 1. The van der Waals surface area contributed by atoms with Gasteiger partial charge in [-0.3, -0.25) is 4.79 Å². The Bertz CT molecular complexity index is 134. The Kier molecular flexibility index (Phi) is 8.84. The van der Waals surface area contributed by atoms with Crippen LogP contribution in [0.3, 0.4) is 0 Å². The highest BCUT2D eigenvalue weighted by Crippen LogP contribution is 2.13. The van der Waals surface area contributed by atoms with Gasteiger partial charge >= 0.3 is 0 Å². The molecule has 0 aliphatic rings. The van der Waals surface area contributed by atoms with Crippen LogP contribution < -0.4 is 0 Å². The summed E-state index contributed by atoms with van der Waals surface area (Å²) in [4.78, 5) is 11.0. The molecule has 0 saturated carbocycles. The van der Waals surface area contributed by atoms with Gasteiger partial charge in [0.25, 0.3) is 0 Å². The van der Waals surface area contributed by atoms with E-state index in [0.717, 1.165) is 6.42 Å². The predicted molar refractivity (Wildman–Crippen MR) is 61.4 cm³/mol. The van der Waals surface area contributed by atoms with Gasteiger partial charge in [0.05, 0.1) is 4.83 Å². The lowest BCUT2D eigenvalue weighted by atomic mass is 10.1. The molecular weight excluding hydrogens is 228 g/mol. The number of hydrogen-bond donors (Lipinski definition) is 0. The first-order chi connectivity index (χ1) is 6.18. The van der Waals surface area contributed by atoms with E-state index in [4.69, 9.17) is 0 Å². The van der Waals surface area contributed by atoms with E-state index in [1.54, 1.807) is 6.92 Å². The summed E-state index contributed by atoms with van der Waals surface area (Å²) in [6.45, 7) is 3.88. The Morgan fingerprint density at radius 3 is 2.23 bits per heavy atom. The molecule has 0 aliphatic heterocycles. The minimum atomic E-state index is 0.0960. The first-order valence-corrected chi connectivity index (χ1v) is 6.24. The summed E-state index contributed by atoms with van der Waals surface area (Å²) in [6, 6.07) is 0. The molecule has 0 aromatic rings. The van der Waals surface area contributed by atoms with Crippen molar-refractivity contribution in [3.8, 4) is 0 Å². The quantitative estimate of drug-likeness (QED) is 0.467. The third kappa shape index (κ3) is 8.48. The number of halogens is 1. The van der Waals surface area contributed by atoms with E-state index < -0.39 is 0 Å². The third-order valence-electron chi connectivity index (χ3n) is 2.25. The monoisotopic (exact) mass is 248 g/mol. The standard InChI is InChI=1S/C11H21BrO/c1-3-4-5-6-7-8-9-11(12)10(2)13/h11H,3-9H2,1-2H3. The van der Waals surface area contributed by atoms with Crippen molar-refractivity contribution < 1.29 is 4.79 Å². The fraction of sp³-hybridized carbons (Fsp3) is 0.909. The van der Waals surface area contributed by atoms with Crippen LogP contribution in [0.15, 0.2) is 0 Å². The van der Waals surface area contributed by atoms with Crippen molar-refractivity contribution in [1.82, 2.24) is 0 Å². The van der Waals surface area contributed by atoms with Crippen LogP contribution in [0.25, 0.3) is 0 Å². The van der Waals surface area contributed by atoms with Gasteiger partial charge in [-0.15, -0.1) is 0 Å². The van der Waals surface area contributed by atoms with E-state index in [9.17, 15) is 4.79 Å². The highest BCUT2D eigenvalue weighted by atomic mass is 79.9. The third-order valence-corrected chi connectivity index (χ3v) is 3.35. The van der Waals surface area contributed by atoms with Crippen LogP contribution in [0.4, 0.5) is 0 Å². The minimum absolute atomic E-state index is 0.0960. The molecule has 0 spiro atoms. The average molecular weight is 249 g/mol. The number of Topliss-reactive ketones (excluding diaryl/α,β-unsaturated/α-hetero) is 1. The lowest BCUT2D eigenvalue weighted by molar-refractivity contribution is -0.116. The van der Waals surface area contributed by atoms with Crippen molar-refractivity contribution in [3.63, 3.8) is 0 Å². The molecule has 1 atom stereocenters. The fourth-order valence-corrected chi connectivity index (χ4v) is 1.63. The zero-order chi connectivity index (χ0) is 10.1. The number of hydrogen-bond acceptors (Lipinski definition) is 1. The number of carbonyl (C=O) groups is 1. The van der Waals surface area contributed by atoms with E-state index in [1.165, 1.54) is 38.5 Å². The lowest BCUT2D eigenvalue weighted by Crippen LogP contribution is -2.08. The molecule has 0 N–H and O–H groups in total. The molecule has 0 aliphatic carbocycles. The summed E-state index contributed by atoms with van der Waals surface area (Å²) in [5.41, 5.74) is 0. The molecule has 1 unspecified atom stereocenters. The molecule has 78 valence electrons. The molecule has 0 aromatic carbocycles. The predicted octanol–water partition coefficient (Wildman–Crippen LogP) is 4.09. The maximum atomic E-state index is 10.9. The van der Waals surface area contributed by atoms with E-state index >= 15 is 0 Å². The van der Waals surface area contributed by atoms with Crippen molar-refractivity contribution in [3.05, 3.63) is 0 Å². The normalized spacial score (nSPS) is 12.8. The summed E-state index contributed by atoms with van der Waals surface area (Å²) >= 11 is 3.38. The smallest absolute Gasteiger partial charge is 0.143 e. The van der Waals surface area contributed by atoms with Gasteiger partial charge in [0, 0.05) is 0 Å². The minimum Gasteiger partial charge on any atom is -0.299 e. The fourth-order valence-electron chi connectivity index (χ4n) is 1.31. The number of unbranched alkanes of at least 4 members (excludes halogenated alkanes) is 5. The zero-order valence-electron chi connectivity index (χ0n) is 8.81. The van der Waals surface area contributed by atoms with E-state index in [1.807, 2.05) is 0 Å². The molecule has 0 radical (unpaired) electrons. The Hall–Kier alpha value is 0.150. The maximum Gasteiger partial charge on any atom is 0.143 e. The van der Waals surface area contributed by atoms with Crippen LogP contribution in [0, 0.1) is 0 Å². The van der Waals surface area contributed by atoms with Gasteiger partial charge in [-0.1, -0.05) is 61.4 Å². The van der Waals surface area contributed by atoms with Crippen LogP contribution in [0.1, 0.15) is 58.8 Å². The van der Waals surface area contributed by atoms with Crippen LogP contribution in [-0.2, 0) is 4.79 Å².